The Morgan fingerprint density at radius 1 is 1.29 bits per heavy atom. The van der Waals surface area contributed by atoms with Crippen molar-refractivity contribution in [2.75, 3.05) is 0 Å². The molecule has 3 aromatic rings. The summed E-state index contributed by atoms with van der Waals surface area (Å²) in [5.74, 6) is -0.110. The maximum Gasteiger partial charge on any atom is 0.261 e. The van der Waals surface area contributed by atoms with Crippen molar-refractivity contribution in [2.24, 2.45) is 0 Å². The lowest BCUT2D eigenvalue weighted by Gasteiger charge is -2.05. The number of rotatable bonds is 4. The van der Waals surface area contributed by atoms with Crippen molar-refractivity contribution < 1.29 is 4.79 Å². The Morgan fingerprint density at radius 3 is 2.90 bits per heavy atom. The van der Waals surface area contributed by atoms with E-state index in [2.05, 4.69) is 15.7 Å². The van der Waals surface area contributed by atoms with Gasteiger partial charge in [-0.1, -0.05) is 11.6 Å². The van der Waals surface area contributed by atoms with Crippen molar-refractivity contribution in [3.05, 3.63) is 62.1 Å². The Bertz CT molecular complexity index is 753. The lowest BCUT2D eigenvalue weighted by atomic mass is 10.1. The molecule has 0 atom stereocenters. The van der Waals surface area contributed by atoms with Crippen molar-refractivity contribution in [3.63, 3.8) is 0 Å². The number of carbonyl (C=O) groups excluding carboxylic acids is 1. The zero-order valence-corrected chi connectivity index (χ0v) is 13.3. The minimum Gasteiger partial charge on any atom is -0.347 e. The van der Waals surface area contributed by atoms with Crippen LogP contribution in [0.15, 0.2) is 47.3 Å². The number of hydrogen-bond acceptors (Lipinski definition) is 4. The van der Waals surface area contributed by atoms with Gasteiger partial charge in [0.25, 0.3) is 5.91 Å². The first-order valence-corrected chi connectivity index (χ1v) is 8.37. The Morgan fingerprint density at radius 2 is 2.19 bits per heavy atom. The van der Waals surface area contributed by atoms with E-state index in [1.54, 1.807) is 29.7 Å². The minimum absolute atomic E-state index is 0.110. The molecule has 0 radical (unpaired) electrons. The Kier molecular flexibility index (Phi) is 4.34. The molecule has 0 spiro atoms. The highest BCUT2D eigenvalue weighted by atomic mass is 35.5. The maximum atomic E-state index is 12.0. The maximum absolute atomic E-state index is 12.0. The molecule has 0 saturated carbocycles. The summed E-state index contributed by atoms with van der Waals surface area (Å²) in [6.45, 7) is 0.466. The summed E-state index contributed by atoms with van der Waals surface area (Å²) in [5, 5.41) is 6.96. The van der Waals surface area contributed by atoms with Gasteiger partial charge in [0.05, 0.1) is 14.9 Å². The molecule has 3 rings (SSSR count). The average molecular weight is 335 g/mol. The molecule has 0 saturated heterocycles. The zero-order valence-electron chi connectivity index (χ0n) is 10.9. The fourth-order valence-corrected chi connectivity index (χ4v) is 3.47. The van der Waals surface area contributed by atoms with Crippen molar-refractivity contribution in [1.82, 2.24) is 10.3 Å². The van der Waals surface area contributed by atoms with Crippen molar-refractivity contribution in [3.8, 4) is 11.3 Å². The largest absolute Gasteiger partial charge is 0.347 e. The Hall–Kier alpha value is -1.69. The quantitative estimate of drug-likeness (QED) is 0.765. The molecule has 6 heteroatoms. The summed E-state index contributed by atoms with van der Waals surface area (Å²) in [7, 11) is 0. The van der Waals surface area contributed by atoms with Gasteiger partial charge in [-0.15, -0.1) is 11.3 Å². The number of nitrogens with zero attached hydrogens (tertiary/aromatic N) is 1. The van der Waals surface area contributed by atoms with Gasteiger partial charge in [-0.05, 0) is 41.3 Å². The van der Waals surface area contributed by atoms with Gasteiger partial charge < -0.3 is 5.32 Å². The lowest BCUT2D eigenvalue weighted by molar-refractivity contribution is 0.0955. The van der Waals surface area contributed by atoms with Gasteiger partial charge in [-0.3, -0.25) is 9.78 Å². The standard InChI is InChI=1S/C15H11ClN2OS2/c16-14-2-1-13(21-14)15(19)18-8-10-3-5-17-12(7-10)11-4-6-20-9-11/h1-7,9H,8H2,(H,18,19). The molecule has 1 N–H and O–H groups in total. The second-order valence-corrected chi connectivity index (χ2v) is 6.84. The monoisotopic (exact) mass is 334 g/mol. The molecule has 1 amide bonds. The topological polar surface area (TPSA) is 42.0 Å². The second-order valence-electron chi connectivity index (χ2n) is 4.35. The highest BCUT2D eigenvalue weighted by molar-refractivity contribution is 7.18. The van der Waals surface area contributed by atoms with E-state index in [1.807, 2.05) is 23.6 Å². The van der Waals surface area contributed by atoms with Crippen LogP contribution in [0.3, 0.4) is 0 Å². The Balaban J connectivity index is 1.68. The molecule has 0 unspecified atom stereocenters. The number of pyridine rings is 1. The number of halogens is 1. The number of nitrogens with one attached hydrogen (secondary N) is 1. The summed E-state index contributed by atoms with van der Waals surface area (Å²) >= 11 is 8.74. The van der Waals surface area contributed by atoms with E-state index in [9.17, 15) is 4.79 Å². The molecule has 0 aliphatic rings. The predicted octanol–water partition coefficient (Wildman–Crippen LogP) is 4.46. The molecule has 0 aliphatic heterocycles. The SMILES string of the molecule is O=C(NCc1ccnc(-c2ccsc2)c1)c1ccc(Cl)s1. The molecule has 0 aromatic carbocycles. The van der Waals surface area contributed by atoms with Crippen LogP contribution in [0.5, 0.6) is 0 Å². The van der Waals surface area contributed by atoms with Crippen LogP contribution in [0.2, 0.25) is 4.34 Å². The van der Waals surface area contributed by atoms with E-state index >= 15 is 0 Å². The molecule has 106 valence electrons. The first-order chi connectivity index (χ1) is 10.2. The minimum atomic E-state index is -0.110. The number of hydrogen-bond donors (Lipinski definition) is 1. The number of amides is 1. The van der Waals surface area contributed by atoms with Gasteiger partial charge in [-0.25, -0.2) is 0 Å². The normalized spacial score (nSPS) is 10.5. The molecular formula is C15H11ClN2OS2. The van der Waals surface area contributed by atoms with Crippen LogP contribution in [0, 0.1) is 0 Å². The summed E-state index contributed by atoms with van der Waals surface area (Å²) in [5.41, 5.74) is 3.03. The van der Waals surface area contributed by atoms with Crippen molar-refractivity contribution in [2.45, 2.75) is 6.54 Å². The summed E-state index contributed by atoms with van der Waals surface area (Å²) < 4.78 is 0.615. The second kappa shape index (κ2) is 6.39. The van der Waals surface area contributed by atoms with E-state index in [0.717, 1.165) is 16.8 Å². The van der Waals surface area contributed by atoms with Gasteiger partial charge in [0.2, 0.25) is 0 Å². The van der Waals surface area contributed by atoms with Crippen LogP contribution < -0.4 is 5.32 Å². The molecule has 3 heterocycles. The van der Waals surface area contributed by atoms with Crippen LogP contribution in [0.25, 0.3) is 11.3 Å². The van der Waals surface area contributed by atoms with E-state index in [4.69, 9.17) is 11.6 Å². The third-order valence-corrected chi connectivity index (χ3v) is 4.80. The molecular weight excluding hydrogens is 324 g/mol. The van der Waals surface area contributed by atoms with Gasteiger partial charge >= 0.3 is 0 Å². The van der Waals surface area contributed by atoms with Gasteiger partial charge in [0.1, 0.15) is 0 Å². The summed E-state index contributed by atoms with van der Waals surface area (Å²) in [6.07, 6.45) is 1.76. The van der Waals surface area contributed by atoms with E-state index in [1.165, 1.54) is 11.3 Å². The number of carbonyl (C=O) groups is 1. The van der Waals surface area contributed by atoms with Crippen LogP contribution in [-0.4, -0.2) is 10.9 Å². The first-order valence-electron chi connectivity index (χ1n) is 6.23. The van der Waals surface area contributed by atoms with Crippen LogP contribution in [-0.2, 0) is 6.54 Å². The fraction of sp³-hybridized carbons (Fsp3) is 0.0667. The van der Waals surface area contributed by atoms with E-state index < -0.39 is 0 Å². The smallest absolute Gasteiger partial charge is 0.261 e. The molecule has 0 bridgehead atoms. The first kappa shape index (κ1) is 14.3. The van der Waals surface area contributed by atoms with Crippen molar-refractivity contribution in [1.29, 1.82) is 0 Å². The molecule has 3 nitrogen and oxygen atoms in total. The molecule has 21 heavy (non-hydrogen) atoms. The Labute approximate surface area is 135 Å². The highest BCUT2D eigenvalue weighted by Crippen LogP contribution is 2.22. The van der Waals surface area contributed by atoms with Crippen LogP contribution >= 0.6 is 34.3 Å². The van der Waals surface area contributed by atoms with Crippen molar-refractivity contribution >= 4 is 40.2 Å². The average Bonchev–Trinajstić information content (AvgIpc) is 3.16. The van der Waals surface area contributed by atoms with E-state index in [-0.39, 0.29) is 5.91 Å². The molecule has 3 aromatic heterocycles. The number of thiophene rings is 2. The van der Waals surface area contributed by atoms with Gasteiger partial charge in [0.15, 0.2) is 0 Å². The van der Waals surface area contributed by atoms with Crippen LogP contribution in [0.4, 0.5) is 0 Å². The summed E-state index contributed by atoms with van der Waals surface area (Å²) in [4.78, 5) is 16.9. The molecule has 0 aliphatic carbocycles. The van der Waals surface area contributed by atoms with Gasteiger partial charge in [-0.2, -0.15) is 11.3 Å². The van der Waals surface area contributed by atoms with E-state index in [0.29, 0.717) is 15.8 Å². The molecule has 0 fully saturated rings. The van der Waals surface area contributed by atoms with Gasteiger partial charge in [0, 0.05) is 23.7 Å². The third kappa shape index (κ3) is 3.50. The van der Waals surface area contributed by atoms with Crippen LogP contribution in [0.1, 0.15) is 15.2 Å². The summed E-state index contributed by atoms with van der Waals surface area (Å²) in [6, 6.07) is 9.37. The lowest BCUT2D eigenvalue weighted by Crippen LogP contribution is -2.21. The third-order valence-electron chi connectivity index (χ3n) is 2.89. The predicted molar refractivity (Wildman–Crippen MR) is 88.0 cm³/mol. The highest BCUT2D eigenvalue weighted by Gasteiger charge is 2.08. The fourth-order valence-electron chi connectivity index (χ4n) is 1.86. The zero-order chi connectivity index (χ0) is 14.7. The number of aromatic nitrogens is 1.